The monoisotopic (exact) mass is 257 g/mol. The van der Waals surface area contributed by atoms with Crippen LogP contribution in [0.4, 0.5) is 5.69 Å². The largest absolute Gasteiger partial charge is 0.325 e. The number of carbonyl (C=O) groups excluding carboxylic acids is 1. The highest BCUT2D eigenvalue weighted by molar-refractivity contribution is 6.33. The Morgan fingerprint density at radius 3 is 2.69 bits per heavy atom. The topological polar surface area (TPSA) is 29.1 Å². The fourth-order valence-electron chi connectivity index (χ4n) is 1.84. The minimum absolute atomic E-state index is 0.0129. The molecule has 86 valence electrons. The van der Waals surface area contributed by atoms with Gasteiger partial charge in [0.15, 0.2) is 0 Å². The van der Waals surface area contributed by atoms with Crippen LogP contribution in [0.25, 0.3) is 0 Å². The van der Waals surface area contributed by atoms with Gasteiger partial charge in [-0.25, -0.2) is 0 Å². The SMILES string of the molecule is CC(C)C(Cl)c1cc2c(cc1Cl)NC(=O)C2. The van der Waals surface area contributed by atoms with E-state index in [1.165, 1.54) is 0 Å². The van der Waals surface area contributed by atoms with Gasteiger partial charge in [-0.05, 0) is 23.1 Å². The van der Waals surface area contributed by atoms with Gasteiger partial charge in [-0.15, -0.1) is 11.6 Å². The van der Waals surface area contributed by atoms with Crippen LogP contribution in [0.5, 0.6) is 0 Å². The summed E-state index contributed by atoms with van der Waals surface area (Å²) >= 11 is 12.5. The van der Waals surface area contributed by atoms with Crippen molar-refractivity contribution in [2.24, 2.45) is 5.92 Å². The van der Waals surface area contributed by atoms with Crippen molar-refractivity contribution in [2.75, 3.05) is 5.32 Å². The first-order valence-corrected chi connectivity index (χ1v) is 6.06. The minimum atomic E-state index is -0.117. The third-order valence-corrected chi connectivity index (χ3v) is 3.80. The molecule has 0 saturated heterocycles. The van der Waals surface area contributed by atoms with Gasteiger partial charge in [-0.3, -0.25) is 4.79 Å². The Hall–Kier alpha value is -0.730. The fraction of sp³-hybridized carbons (Fsp3) is 0.417. The molecule has 0 bridgehead atoms. The van der Waals surface area contributed by atoms with E-state index >= 15 is 0 Å². The summed E-state index contributed by atoms with van der Waals surface area (Å²) in [6.45, 7) is 4.09. The molecule has 1 aliphatic heterocycles. The van der Waals surface area contributed by atoms with Crippen molar-refractivity contribution in [1.29, 1.82) is 0 Å². The van der Waals surface area contributed by atoms with Crippen molar-refractivity contribution in [3.8, 4) is 0 Å². The van der Waals surface area contributed by atoms with Crippen LogP contribution in [0.2, 0.25) is 5.02 Å². The minimum Gasteiger partial charge on any atom is -0.325 e. The maximum atomic E-state index is 11.2. The molecular weight excluding hydrogens is 245 g/mol. The van der Waals surface area contributed by atoms with Crippen molar-refractivity contribution in [1.82, 2.24) is 0 Å². The molecule has 1 atom stereocenters. The van der Waals surface area contributed by atoms with Crippen LogP contribution in [0.1, 0.15) is 30.4 Å². The summed E-state index contributed by atoms with van der Waals surface area (Å²) in [7, 11) is 0. The molecule has 2 rings (SSSR count). The van der Waals surface area contributed by atoms with Gasteiger partial charge < -0.3 is 5.32 Å². The number of nitrogens with one attached hydrogen (secondary N) is 1. The van der Waals surface area contributed by atoms with E-state index in [1.807, 2.05) is 19.9 Å². The van der Waals surface area contributed by atoms with Crippen LogP contribution in [0.15, 0.2) is 12.1 Å². The molecule has 1 aliphatic rings. The Bertz CT molecular complexity index is 443. The lowest BCUT2D eigenvalue weighted by atomic mass is 9.99. The summed E-state index contributed by atoms with van der Waals surface area (Å²) in [5.41, 5.74) is 2.70. The van der Waals surface area contributed by atoms with E-state index in [1.54, 1.807) is 6.07 Å². The van der Waals surface area contributed by atoms with Crippen LogP contribution < -0.4 is 5.32 Å². The van der Waals surface area contributed by atoms with Gasteiger partial charge in [0, 0.05) is 10.7 Å². The molecule has 0 fully saturated rings. The maximum absolute atomic E-state index is 11.2. The quantitative estimate of drug-likeness (QED) is 0.804. The molecule has 4 heteroatoms. The predicted octanol–water partition coefficient (Wildman–Crippen LogP) is 3.77. The van der Waals surface area contributed by atoms with E-state index in [4.69, 9.17) is 23.2 Å². The van der Waals surface area contributed by atoms with Gasteiger partial charge in [0.2, 0.25) is 5.91 Å². The maximum Gasteiger partial charge on any atom is 0.228 e. The first-order chi connectivity index (χ1) is 7.49. The zero-order chi connectivity index (χ0) is 11.9. The Labute approximate surface area is 105 Å². The van der Waals surface area contributed by atoms with Crippen LogP contribution >= 0.6 is 23.2 Å². The van der Waals surface area contributed by atoms with Crippen LogP contribution in [0.3, 0.4) is 0 Å². The molecule has 0 saturated carbocycles. The number of hydrogen-bond acceptors (Lipinski definition) is 1. The van der Waals surface area contributed by atoms with Crippen molar-refractivity contribution < 1.29 is 4.79 Å². The average molecular weight is 258 g/mol. The highest BCUT2D eigenvalue weighted by atomic mass is 35.5. The standard InChI is InChI=1S/C12H13Cl2NO/c1-6(2)12(14)8-3-7-4-11(16)15-10(7)5-9(8)13/h3,5-6,12H,4H2,1-2H3,(H,15,16). The molecule has 1 N–H and O–H groups in total. The smallest absolute Gasteiger partial charge is 0.228 e. The van der Waals surface area contributed by atoms with Gasteiger partial charge >= 0.3 is 0 Å². The van der Waals surface area contributed by atoms with Gasteiger partial charge in [0.05, 0.1) is 11.8 Å². The first-order valence-electron chi connectivity index (χ1n) is 5.25. The Morgan fingerprint density at radius 2 is 2.06 bits per heavy atom. The zero-order valence-electron chi connectivity index (χ0n) is 9.18. The fourth-order valence-corrected chi connectivity index (χ4v) is 2.36. The second kappa shape index (κ2) is 4.27. The molecule has 0 aliphatic carbocycles. The Balaban J connectivity index is 2.42. The van der Waals surface area contributed by atoms with E-state index in [9.17, 15) is 4.79 Å². The van der Waals surface area contributed by atoms with Crippen LogP contribution in [-0.4, -0.2) is 5.91 Å². The van der Waals surface area contributed by atoms with Gasteiger partial charge in [-0.2, -0.15) is 0 Å². The van der Waals surface area contributed by atoms with E-state index in [2.05, 4.69) is 5.32 Å². The molecule has 16 heavy (non-hydrogen) atoms. The van der Waals surface area contributed by atoms with Gasteiger partial charge in [0.1, 0.15) is 0 Å². The summed E-state index contributed by atoms with van der Waals surface area (Å²) in [5.74, 6) is 0.321. The molecular formula is C12H13Cl2NO. The molecule has 0 aromatic heterocycles. The number of anilines is 1. The second-order valence-electron chi connectivity index (χ2n) is 4.40. The van der Waals surface area contributed by atoms with Crippen LogP contribution in [-0.2, 0) is 11.2 Å². The van der Waals surface area contributed by atoms with Gasteiger partial charge in [-0.1, -0.05) is 31.5 Å². The van der Waals surface area contributed by atoms with Crippen molar-refractivity contribution in [2.45, 2.75) is 25.6 Å². The number of hydrogen-bond donors (Lipinski definition) is 1. The molecule has 0 radical (unpaired) electrons. The third kappa shape index (κ3) is 2.04. The Morgan fingerprint density at radius 1 is 1.38 bits per heavy atom. The number of alkyl halides is 1. The molecule has 1 unspecified atom stereocenters. The number of fused-ring (bicyclic) bond motifs is 1. The highest BCUT2D eigenvalue weighted by Crippen LogP contribution is 2.38. The molecule has 1 heterocycles. The van der Waals surface area contributed by atoms with E-state index in [-0.39, 0.29) is 11.3 Å². The predicted molar refractivity (Wildman–Crippen MR) is 67.2 cm³/mol. The van der Waals surface area contributed by atoms with E-state index < -0.39 is 0 Å². The molecule has 0 spiro atoms. The van der Waals surface area contributed by atoms with Gasteiger partial charge in [0.25, 0.3) is 0 Å². The van der Waals surface area contributed by atoms with E-state index in [0.717, 1.165) is 16.8 Å². The lowest BCUT2D eigenvalue weighted by Gasteiger charge is -2.16. The second-order valence-corrected chi connectivity index (χ2v) is 5.28. The zero-order valence-corrected chi connectivity index (χ0v) is 10.7. The summed E-state index contributed by atoms with van der Waals surface area (Å²) < 4.78 is 0. The molecule has 1 aromatic carbocycles. The normalized spacial score (nSPS) is 16.2. The third-order valence-electron chi connectivity index (χ3n) is 2.73. The number of benzene rings is 1. The number of amides is 1. The summed E-state index contributed by atoms with van der Waals surface area (Å²) in [5, 5.41) is 3.27. The summed E-state index contributed by atoms with van der Waals surface area (Å²) in [6, 6.07) is 3.72. The summed E-state index contributed by atoms with van der Waals surface area (Å²) in [6.07, 6.45) is 0.418. The lowest BCUT2D eigenvalue weighted by Crippen LogP contribution is -2.03. The average Bonchev–Trinajstić information content (AvgIpc) is 2.54. The molecule has 2 nitrogen and oxygen atoms in total. The molecule has 1 aromatic rings. The van der Waals surface area contributed by atoms with Crippen molar-refractivity contribution in [3.05, 3.63) is 28.3 Å². The molecule has 1 amide bonds. The summed E-state index contributed by atoms with van der Waals surface area (Å²) in [4.78, 5) is 11.2. The van der Waals surface area contributed by atoms with E-state index in [0.29, 0.717) is 17.4 Å². The van der Waals surface area contributed by atoms with Crippen molar-refractivity contribution in [3.63, 3.8) is 0 Å². The Kier molecular flexibility index (Phi) is 3.13. The number of halogens is 2. The highest BCUT2D eigenvalue weighted by Gasteiger charge is 2.23. The number of rotatable bonds is 2. The van der Waals surface area contributed by atoms with Crippen LogP contribution in [0, 0.1) is 5.92 Å². The number of carbonyl (C=O) groups is 1. The lowest BCUT2D eigenvalue weighted by molar-refractivity contribution is -0.115. The first kappa shape index (κ1) is 11.7. The van der Waals surface area contributed by atoms with Crippen molar-refractivity contribution >= 4 is 34.8 Å².